The molecule has 1 aliphatic heterocycles. The van der Waals surface area contributed by atoms with E-state index in [1.165, 1.54) is 0 Å². The van der Waals surface area contributed by atoms with E-state index in [9.17, 15) is 14.4 Å². The molecule has 31 heavy (non-hydrogen) atoms. The molecule has 2 heterocycles. The quantitative estimate of drug-likeness (QED) is 0.482. The van der Waals surface area contributed by atoms with Crippen LogP contribution >= 0.6 is 0 Å². The highest BCUT2D eigenvalue weighted by Gasteiger charge is 2.24. The maximum atomic E-state index is 13.0. The van der Waals surface area contributed by atoms with Gasteiger partial charge >= 0.3 is 0 Å². The van der Waals surface area contributed by atoms with Gasteiger partial charge in [-0.2, -0.15) is 0 Å². The number of fused-ring (bicyclic) bond motifs is 1. The predicted octanol–water partition coefficient (Wildman–Crippen LogP) is 4.21. The average Bonchev–Trinajstić information content (AvgIpc) is 3.42. The molecule has 0 unspecified atom stereocenters. The minimum absolute atomic E-state index is 0.0342. The van der Waals surface area contributed by atoms with Crippen LogP contribution in [0.1, 0.15) is 48.5 Å². The number of hydrogen-bond donors (Lipinski definition) is 1. The van der Waals surface area contributed by atoms with E-state index in [-0.39, 0.29) is 12.5 Å². The highest BCUT2D eigenvalue weighted by Crippen LogP contribution is 2.23. The summed E-state index contributed by atoms with van der Waals surface area (Å²) < 4.78 is 1.77. The number of rotatable bonds is 6. The van der Waals surface area contributed by atoms with E-state index in [4.69, 9.17) is 0 Å². The van der Waals surface area contributed by atoms with Crippen molar-refractivity contribution < 1.29 is 14.4 Å². The second-order valence-electron chi connectivity index (χ2n) is 8.34. The van der Waals surface area contributed by atoms with Gasteiger partial charge in [0, 0.05) is 35.9 Å². The molecule has 4 rings (SSSR count). The van der Waals surface area contributed by atoms with Crippen LogP contribution in [0.25, 0.3) is 10.9 Å². The van der Waals surface area contributed by atoms with Gasteiger partial charge in [-0.1, -0.05) is 44.2 Å². The lowest BCUT2D eigenvalue weighted by Gasteiger charge is -2.15. The van der Waals surface area contributed by atoms with Gasteiger partial charge in [0.15, 0.2) is 0 Å². The summed E-state index contributed by atoms with van der Waals surface area (Å²) in [6, 6.07) is 14.9. The molecule has 1 aromatic heterocycles. The molecule has 0 spiro atoms. The van der Waals surface area contributed by atoms with Crippen molar-refractivity contribution in [2.24, 2.45) is 0 Å². The first-order valence-corrected chi connectivity index (χ1v) is 10.8. The number of aromatic nitrogens is 1. The van der Waals surface area contributed by atoms with E-state index < -0.39 is 11.7 Å². The van der Waals surface area contributed by atoms with Crippen LogP contribution in [-0.4, -0.2) is 40.2 Å². The Morgan fingerprint density at radius 2 is 1.65 bits per heavy atom. The average molecular weight is 418 g/mol. The largest absolute Gasteiger partial charge is 0.341 e. The lowest BCUT2D eigenvalue weighted by atomic mass is 10.0. The van der Waals surface area contributed by atoms with Crippen molar-refractivity contribution in [2.45, 2.75) is 39.2 Å². The first kappa shape index (κ1) is 20.8. The molecule has 0 radical (unpaired) electrons. The SMILES string of the molecule is CC(C)c1ccc(NC(=O)C(=O)c2cn(CC(=O)N3CCCC3)c3ccccc23)cc1. The molecule has 1 N–H and O–H groups in total. The van der Waals surface area contributed by atoms with Gasteiger partial charge in [-0.3, -0.25) is 14.4 Å². The van der Waals surface area contributed by atoms with Crippen molar-refractivity contribution in [2.75, 3.05) is 18.4 Å². The zero-order chi connectivity index (χ0) is 22.0. The maximum absolute atomic E-state index is 13.0. The Hall–Kier alpha value is -3.41. The van der Waals surface area contributed by atoms with Gasteiger partial charge in [0.05, 0.1) is 5.56 Å². The first-order chi connectivity index (χ1) is 14.9. The van der Waals surface area contributed by atoms with Crippen molar-refractivity contribution in [1.29, 1.82) is 0 Å². The number of nitrogens with one attached hydrogen (secondary N) is 1. The van der Waals surface area contributed by atoms with E-state index in [2.05, 4.69) is 19.2 Å². The minimum Gasteiger partial charge on any atom is -0.341 e. The van der Waals surface area contributed by atoms with Gasteiger partial charge in [-0.05, 0) is 42.5 Å². The Kier molecular flexibility index (Phi) is 5.89. The number of carbonyl (C=O) groups is 3. The summed E-state index contributed by atoms with van der Waals surface area (Å²) in [5, 5.41) is 3.37. The molecule has 0 atom stereocenters. The highest BCUT2D eigenvalue weighted by atomic mass is 16.2. The summed E-state index contributed by atoms with van der Waals surface area (Å²) in [6.07, 6.45) is 3.68. The van der Waals surface area contributed by atoms with E-state index in [1.54, 1.807) is 22.9 Å². The second kappa shape index (κ2) is 8.76. The monoisotopic (exact) mass is 417 g/mol. The standard InChI is InChI=1S/C25H27N3O3/c1-17(2)18-9-11-19(12-10-18)26-25(31)24(30)21-15-28(22-8-4-3-7-20(21)22)16-23(29)27-13-5-6-14-27/h3-4,7-12,15,17H,5-6,13-14,16H2,1-2H3,(H,26,31). The van der Waals surface area contributed by atoms with Crippen LogP contribution in [0.2, 0.25) is 0 Å². The molecule has 160 valence electrons. The number of amides is 2. The zero-order valence-electron chi connectivity index (χ0n) is 17.9. The van der Waals surface area contributed by atoms with Gasteiger partial charge in [0.2, 0.25) is 5.91 Å². The third-order valence-electron chi connectivity index (χ3n) is 5.84. The Morgan fingerprint density at radius 3 is 2.32 bits per heavy atom. The molecule has 0 bridgehead atoms. The number of carbonyl (C=O) groups excluding carboxylic acids is 3. The molecule has 2 aromatic carbocycles. The van der Waals surface area contributed by atoms with Crippen molar-refractivity contribution in [1.82, 2.24) is 9.47 Å². The van der Waals surface area contributed by atoms with Crippen LogP contribution < -0.4 is 5.32 Å². The van der Waals surface area contributed by atoms with E-state index in [0.29, 0.717) is 22.6 Å². The van der Waals surface area contributed by atoms with E-state index in [0.717, 1.165) is 37.0 Å². The first-order valence-electron chi connectivity index (χ1n) is 10.8. The summed E-state index contributed by atoms with van der Waals surface area (Å²) in [4.78, 5) is 40.1. The molecule has 1 fully saturated rings. The number of hydrogen-bond acceptors (Lipinski definition) is 3. The third kappa shape index (κ3) is 4.38. The van der Waals surface area contributed by atoms with Crippen LogP contribution in [0.4, 0.5) is 5.69 Å². The lowest BCUT2D eigenvalue weighted by Crippen LogP contribution is -2.30. The molecular formula is C25H27N3O3. The highest BCUT2D eigenvalue weighted by molar-refractivity contribution is 6.48. The molecule has 2 amide bonds. The fraction of sp³-hybridized carbons (Fsp3) is 0.320. The predicted molar refractivity (Wildman–Crippen MR) is 121 cm³/mol. The topological polar surface area (TPSA) is 71.4 Å². The van der Waals surface area contributed by atoms with Gasteiger partial charge in [0.25, 0.3) is 11.7 Å². The number of ketones is 1. The molecular weight excluding hydrogens is 390 g/mol. The normalized spacial score (nSPS) is 13.7. The Balaban J connectivity index is 1.55. The van der Waals surface area contributed by atoms with Gasteiger partial charge in [-0.15, -0.1) is 0 Å². The maximum Gasteiger partial charge on any atom is 0.296 e. The Labute approximate surface area is 181 Å². The number of nitrogens with zero attached hydrogens (tertiary/aromatic N) is 2. The van der Waals surface area contributed by atoms with Crippen LogP contribution in [0, 0.1) is 0 Å². The van der Waals surface area contributed by atoms with Gasteiger partial charge in [0.1, 0.15) is 6.54 Å². The van der Waals surface area contributed by atoms with Crippen LogP contribution in [0.15, 0.2) is 54.7 Å². The number of anilines is 1. The van der Waals surface area contributed by atoms with Crippen LogP contribution in [0.3, 0.4) is 0 Å². The van der Waals surface area contributed by atoms with Crippen molar-refractivity contribution in [3.8, 4) is 0 Å². The summed E-state index contributed by atoms with van der Waals surface area (Å²) in [6.45, 7) is 5.92. The second-order valence-corrected chi connectivity index (χ2v) is 8.34. The lowest BCUT2D eigenvalue weighted by molar-refractivity contribution is -0.130. The number of benzene rings is 2. The van der Waals surface area contributed by atoms with Crippen molar-refractivity contribution in [3.63, 3.8) is 0 Å². The van der Waals surface area contributed by atoms with Crippen LogP contribution in [-0.2, 0) is 16.1 Å². The fourth-order valence-electron chi connectivity index (χ4n) is 4.03. The summed E-state index contributed by atoms with van der Waals surface area (Å²) in [5.41, 5.74) is 2.82. The number of Topliss-reactive ketones (excluding diaryl/α,β-unsaturated/α-hetero) is 1. The molecule has 6 nitrogen and oxygen atoms in total. The van der Waals surface area contributed by atoms with Gasteiger partial charge < -0.3 is 14.8 Å². The molecule has 6 heteroatoms. The zero-order valence-corrected chi connectivity index (χ0v) is 17.9. The molecule has 1 saturated heterocycles. The van der Waals surface area contributed by atoms with Crippen molar-refractivity contribution in [3.05, 3.63) is 65.9 Å². The summed E-state index contributed by atoms with van der Waals surface area (Å²) >= 11 is 0. The summed E-state index contributed by atoms with van der Waals surface area (Å²) in [5.74, 6) is -0.879. The number of para-hydroxylation sites is 1. The molecule has 1 aliphatic rings. The van der Waals surface area contributed by atoms with Crippen LogP contribution in [0.5, 0.6) is 0 Å². The minimum atomic E-state index is -0.689. The third-order valence-corrected chi connectivity index (χ3v) is 5.84. The number of likely N-dealkylation sites (tertiary alicyclic amines) is 1. The van der Waals surface area contributed by atoms with Gasteiger partial charge in [-0.25, -0.2) is 0 Å². The van der Waals surface area contributed by atoms with E-state index in [1.807, 2.05) is 41.3 Å². The smallest absolute Gasteiger partial charge is 0.296 e. The molecule has 0 aliphatic carbocycles. The molecule has 0 saturated carbocycles. The van der Waals surface area contributed by atoms with Crippen molar-refractivity contribution >= 4 is 34.2 Å². The van der Waals surface area contributed by atoms with E-state index >= 15 is 0 Å². The summed E-state index contributed by atoms with van der Waals surface area (Å²) in [7, 11) is 0. The fourth-order valence-corrected chi connectivity index (χ4v) is 4.03. The Bertz CT molecular complexity index is 1120. The Morgan fingerprint density at radius 1 is 0.968 bits per heavy atom. The molecule has 3 aromatic rings.